The van der Waals surface area contributed by atoms with Gasteiger partial charge in [0, 0.05) is 37.1 Å². The monoisotopic (exact) mass is 371 g/mol. The Kier molecular flexibility index (Phi) is 5.88. The summed E-state index contributed by atoms with van der Waals surface area (Å²) in [7, 11) is 1.76. The molecule has 0 spiro atoms. The van der Waals surface area contributed by atoms with Crippen molar-refractivity contribution in [2.24, 2.45) is 4.99 Å². The molecule has 7 heteroatoms. The molecule has 0 radical (unpaired) electrons. The van der Waals surface area contributed by atoms with E-state index >= 15 is 0 Å². The van der Waals surface area contributed by atoms with Crippen molar-refractivity contribution in [1.82, 2.24) is 15.6 Å². The summed E-state index contributed by atoms with van der Waals surface area (Å²) in [5, 5.41) is 7.66. The molecule has 26 heavy (non-hydrogen) atoms. The molecule has 0 bridgehead atoms. The zero-order valence-electron chi connectivity index (χ0n) is 15.5. The van der Waals surface area contributed by atoms with Gasteiger partial charge in [0.25, 0.3) is 0 Å². The summed E-state index contributed by atoms with van der Waals surface area (Å²) < 4.78 is 0. The topological polar surface area (TPSA) is 69.6 Å². The standard InChI is InChI=1S/C19H25N5OS/c1-13-14(2)26-17(23-13)12-22-19(20-3)21-11-15-6-8-16(9-7-15)24-10-4-5-18(24)25/h6-9H,4-5,10-12H2,1-3H3,(H2,20,21,22). The Morgan fingerprint density at radius 2 is 1.96 bits per heavy atom. The van der Waals surface area contributed by atoms with Crippen molar-refractivity contribution < 1.29 is 4.79 Å². The minimum atomic E-state index is 0.216. The second-order valence-electron chi connectivity index (χ2n) is 6.34. The second-order valence-corrected chi connectivity index (χ2v) is 7.63. The molecule has 1 aromatic carbocycles. The number of aliphatic imine (C=N–C) groups is 1. The molecule has 2 aromatic rings. The van der Waals surface area contributed by atoms with Gasteiger partial charge >= 0.3 is 0 Å². The summed E-state index contributed by atoms with van der Waals surface area (Å²) in [6, 6.07) is 8.12. The highest BCUT2D eigenvalue weighted by molar-refractivity contribution is 7.11. The highest BCUT2D eigenvalue weighted by Crippen LogP contribution is 2.21. The van der Waals surface area contributed by atoms with Crippen LogP contribution in [0.15, 0.2) is 29.3 Å². The average molecular weight is 372 g/mol. The maximum absolute atomic E-state index is 11.8. The maximum atomic E-state index is 11.8. The van der Waals surface area contributed by atoms with E-state index in [2.05, 4.69) is 39.7 Å². The van der Waals surface area contributed by atoms with E-state index in [0.717, 1.165) is 40.9 Å². The number of hydrogen-bond donors (Lipinski definition) is 2. The number of anilines is 1. The lowest BCUT2D eigenvalue weighted by Crippen LogP contribution is -2.36. The number of aromatic nitrogens is 1. The van der Waals surface area contributed by atoms with Crippen LogP contribution in [0.1, 0.15) is 34.0 Å². The van der Waals surface area contributed by atoms with Crippen LogP contribution in [-0.4, -0.2) is 30.4 Å². The molecule has 138 valence electrons. The average Bonchev–Trinajstić information content (AvgIpc) is 3.21. The lowest BCUT2D eigenvalue weighted by Gasteiger charge is -2.16. The number of benzene rings is 1. The van der Waals surface area contributed by atoms with Gasteiger partial charge in [0.2, 0.25) is 5.91 Å². The molecule has 2 N–H and O–H groups in total. The molecule has 1 fully saturated rings. The largest absolute Gasteiger partial charge is 0.352 e. The molecule has 1 amide bonds. The van der Waals surface area contributed by atoms with E-state index in [1.54, 1.807) is 18.4 Å². The lowest BCUT2D eigenvalue weighted by atomic mass is 10.2. The van der Waals surface area contributed by atoms with Crippen LogP contribution in [0, 0.1) is 13.8 Å². The predicted molar refractivity (Wildman–Crippen MR) is 107 cm³/mol. The van der Waals surface area contributed by atoms with Gasteiger partial charge in [-0.1, -0.05) is 12.1 Å². The Morgan fingerprint density at radius 1 is 1.23 bits per heavy atom. The summed E-state index contributed by atoms with van der Waals surface area (Å²) in [6.07, 6.45) is 1.60. The van der Waals surface area contributed by atoms with E-state index in [1.807, 2.05) is 24.0 Å². The van der Waals surface area contributed by atoms with Crippen LogP contribution in [0.3, 0.4) is 0 Å². The minimum absolute atomic E-state index is 0.216. The molecule has 0 saturated carbocycles. The predicted octanol–water partition coefficient (Wildman–Crippen LogP) is 2.75. The van der Waals surface area contributed by atoms with Crippen molar-refractivity contribution in [1.29, 1.82) is 0 Å². The molecule has 1 aliphatic rings. The number of carbonyl (C=O) groups excluding carboxylic acids is 1. The molecule has 0 aliphatic carbocycles. The first-order valence-corrected chi connectivity index (χ1v) is 9.65. The lowest BCUT2D eigenvalue weighted by molar-refractivity contribution is -0.117. The van der Waals surface area contributed by atoms with Gasteiger partial charge in [-0.15, -0.1) is 11.3 Å². The van der Waals surface area contributed by atoms with Crippen molar-refractivity contribution in [2.45, 2.75) is 39.8 Å². The number of amides is 1. The van der Waals surface area contributed by atoms with Gasteiger partial charge in [-0.3, -0.25) is 9.79 Å². The van der Waals surface area contributed by atoms with Crippen LogP contribution >= 0.6 is 11.3 Å². The first-order chi connectivity index (χ1) is 12.6. The summed E-state index contributed by atoms with van der Waals surface area (Å²) in [6.45, 7) is 6.27. The van der Waals surface area contributed by atoms with Gasteiger partial charge in [0.1, 0.15) is 5.01 Å². The molecule has 0 unspecified atom stereocenters. The molecule has 2 heterocycles. The third kappa shape index (κ3) is 4.40. The third-order valence-corrected chi connectivity index (χ3v) is 5.56. The summed E-state index contributed by atoms with van der Waals surface area (Å²) in [5.41, 5.74) is 3.21. The normalized spacial score (nSPS) is 14.8. The number of aryl methyl sites for hydroxylation is 2. The van der Waals surface area contributed by atoms with Gasteiger partial charge in [0.05, 0.1) is 12.2 Å². The van der Waals surface area contributed by atoms with Crippen LogP contribution in [-0.2, 0) is 17.9 Å². The molecular formula is C19H25N5OS. The highest BCUT2D eigenvalue weighted by Gasteiger charge is 2.21. The summed E-state index contributed by atoms with van der Waals surface area (Å²) >= 11 is 1.71. The summed E-state index contributed by atoms with van der Waals surface area (Å²) in [4.78, 5) is 23.7. The third-order valence-electron chi connectivity index (χ3n) is 4.48. The Labute approximate surface area is 158 Å². The van der Waals surface area contributed by atoms with Gasteiger partial charge in [-0.2, -0.15) is 0 Å². The van der Waals surface area contributed by atoms with E-state index in [4.69, 9.17) is 0 Å². The SMILES string of the molecule is CN=C(NCc1ccc(N2CCCC2=O)cc1)NCc1nc(C)c(C)s1. The minimum Gasteiger partial charge on any atom is -0.352 e. The number of hydrogen-bond acceptors (Lipinski definition) is 4. The van der Waals surface area contributed by atoms with Crippen LogP contribution in [0.2, 0.25) is 0 Å². The second kappa shape index (κ2) is 8.31. The molecule has 1 saturated heterocycles. The quantitative estimate of drug-likeness (QED) is 0.626. The van der Waals surface area contributed by atoms with Gasteiger partial charge in [0.15, 0.2) is 5.96 Å². The van der Waals surface area contributed by atoms with E-state index < -0.39 is 0 Å². The van der Waals surface area contributed by atoms with E-state index in [-0.39, 0.29) is 5.91 Å². The van der Waals surface area contributed by atoms with Crippen molar-refractivity contribution in [3.8, 4) is 0 Å². The molecule has 1 aliphatic heterocycles. The van der Waals surface area contributed by atoms with E-state index in [1.165, 1.54) is 4.88 Å². The fraction of sp³-hybridized carbons (Fsp3) is 0.421. The van der Waals surface area contributed by atoms with Crippen LogP contribution < -0.4 is 15.5 Å². The first-order valence-electron chi connectivity index (χ1n) is 8.83. The fourth-order valence-electron chi connectivity index (χ4n) is 2.90. The van der Waals surface area contributed by atoms with Crippen molar-refractivity contribution in [3.63, 3.8) is 0 Å². The van der Waals surface area contributed by atoms with Gasteiger partial charge in [-0.25, -0.2) is 4.98 Å². The Morgan fingerprint density at radius 3 is 2.54 bits per heavy atom. The van der Waals surface area contributed by atoms with Crippen molar-refractivity contribution >= 4 is 28.9 Å². The highest BCUT2D eigenvalue weighted by atomic mass is 32.1. The number of rotatable bonds is 5. The van der Waals surface area contributed by atoms with E-state index in [0.29, 0.717) is 19.5 Å². The Bertz CT molecular complexity index is 777. The molecule has 3 rings (SSSR count). The van der Waals surface area contributed by atoms with Crippen LogP contribution in [0.5, 0.6) is 0 Å². The zero-order chi connectivity index (χ0) is 18.5. The number of thiazole rings is 1. The van der Waals surface area contributed by atoms with Gasteiger partial charge < -0.3 is 15.5 Å². The Hall–Kier alpha value is -2.41. The zero-order valence-corrected chi connectivity index (χ0v) is 16.3. The van der Waals surface area contributed by atoms with Crippen LogP contribution in [0.4, 0.5) is 5.69 Å². The summed E-state index contributed by atoms with van der Waals surface area (Å²) in [5.74, 6) is 0.961. The molecule has 0 atom stereocenters. The Balaban J connectivity index is 1.51. The number of guanidine groups is 1. The number of nitrogens with zero attached hydrogens (tertiary/aromatic N) is 3. The molecule has 6 nitrogen and oxygen atoms in total. The smallest absolute Gasteiger partial charge is 0.227 e. The maximum Gasteiger partial charge on any atom is 0.227 e. The van der Waals surface area contributed by atoms with Crippen molar-refractivity contribution in [3.05, 3.63) is 45.4 Å². The first kappa shape index (κ1) is 18.4. The van der Waals surface area contributed by atoms with Crippen molar-refractivity contribution in [2.75, 3.05) is 18.5 Å². The number of nitrogens with one attached hydrogen (secondary N) is 2. The van der Waals surface area contributed by atoms with Gasteiger partial charge in [-0.05, 0) is 38.0 Å². The van der Waals surface area contributed by atoms with Crippen LogP contribution in [0.25, 0.3) is 0 Å². The van der Waals surface area contributed by atoms with E-state index in [9.17, 15) is 4.79 Å². The molecule has 1 aromatic heterocycles. The fourth-order valence-corrected chi connectivity index (χ4v) is 3.77. The number of carbonyl (C=O) groups is 1. The molecular weight excluding hydrogens is 346 g/mol.